The van der Waals surface area contributed by atoms with Crippen LogP contribution in [0.25, 0.3) is 0 Å². The van der Waals surface area contributed by atoms with Crippen LogP contribution in [-0.4, -0.2) is 23.4 Å². The molecule has 1 fully saturated rings. The molecular formula is C15H22ClN3O. The van der Waals surface area contributed by atoms with Crippen molar-refractivity contribution >= 4 is 23.2 Å². The van der Waals surface area contributed by atoms with Crippen LogP contribution in [0, 0.1) is 0 Å². The minimum Gasteiger partial charge on any atom is -0.336 e. The standard InChI is InChI=1S/C15H22ClN3O/c1-2-19(12-6-4-3-5-7-12)15(20)13-10-11(16)8-9-14(13)18-17/h8-10,12,18H,2-7,17H2,1H3. The highest BCUT2D eigenvalue weighted by molar-refractivity contribution is 6.31. The van der Waals surface area contributed by atoms with Gasteiger partial charge in [-0.1, -0.05) is 30.9 Å². The first kappa shape index (κ1) is 15.1. The molecule has 0 aromatic heterocycles. The summed E-state index contributed by atoms with van der Waals surface area (Å²) in [4.78, 5) is 14.7. The van der Waals surface area contributed by atoms with Gasteiger partial charge in [-0.3, -0.25) is 10.6 Å². The third-order valence-corrected chi connectivity index (χ3v) is 4.22. The monoisotopic (exact) mass is 295 g/mol. The molecule has 0 unspecified atom stereocenters. The third kappa shape index (κ3) is 3.25. The summed E-state index contributed by atoms with van der Waals surface area (Å²) in [5, 5.41) is 0.548. The molecule has 0 saturated heterocycles. The summed E-state index contributed by atoms with van der Waals surface area (Å²) in [5.41, 5.74) is 3.75. The highest BCUT2D eigenvalue weighted by atomic mass is 35.5. The lowest BCUT2D eigenvalue weighted by Gasteiger charge is -2.34. The number of nitrogen functional groups attached to an aromatic ring is 1. The van der Waals surface area contributed by atoms with Crippen LogP contribution >= 0.6 is 11.6 Å². The second-order valence-electron chi connectivity index (χ2n) is 5.22. The first-order valence-corrected chi connectivity index (χ1v) is 7.62. The van der Waals surface area contributed by atoms with E-state index in [-0.39, 0.29) is 5.91 Å². The van der Waals surface area contributed by atoms with Crippen LogP contribution in [0.3, 0.4) is 0 Å². The summed E-state index contributed by atoms with van der Waals surface area (Å²) in [6.45, 7) is 2.73. The Balaban J connectivity index is 2.25. The zero-order valence-corrected chi connectivity index (χ0v) is 12.6. The van der Waals surface area contributed by atoms with Crippen molar-refractivity contribution in [1.29, 1.82) is 0 Å². The van der Waals surface area contributed by atoms with Gasteiger partial charge in [-0.15, -0.1) is 0 Å². The van der Waals surface area contributed by atoms with Crippen molar-refractivity contribution in [2.75, 3.05) is 12.0 Å². The largest absolute Gasteiger partial charge is 0.336 e. The van der Waals surface area contributed by atoms with Crippen molar-refractivity contribution in [2.45, 2.75) is 45.1 Å². The van der Waals surface area contributed by atoms with Crippen LogP contribution in [0.1, 0.15) is 49.4 Å². The third-order valence-electron chi connectivity index (χ3n) is 3.98. The summed E-state index contributed by atoms with van der Waals surface area (Å²) in [5.74, 6) is 5.50. The van der Waals surface area contributed by atoms with Crippen LogP contribution in [0.4, 0.5) is 5.69 Å². The van der Waals surface area contributed by atoms with Crippen LogP contribution in [0.5, 0.6) is 0 Å². The fraction of sp³-hybridized carbons (Fsp3) is 0.533. The molecule has 20 heavy (non-hydrogen) atoms. The molecule has 1 aromatic carbocycles. The molecule has 0 spiro atoms. The van der Waals surface area contributed by atoms with Gasteiger partial charge < -0.3 is 10.3 Å². The van der Waals surface area contributed by atoms with E-state index < -0.39 is 0 Å². The number of carbonyl (C=O) groups is 1. The van der Waals surface area contributed by atoms with Gasteiger partial charge >= 0.3 is 0 Å². The number of nitrogens with zero attached hydrogens (tertiary/aromatic N) is 1. The summed E-state index contributed by atoms with van der Waals surface area (Å²) < 4.78 is 0. The molecule has 0 atom stereocenters. The predicted octanol–water partition coefficient (Wildman–Crippen LogP) is 3.42. The molecule has 0 bridgehead atoms. The van der Waals surface area contributed by atoms with E-state index in [0.717, 1.165) is 12.8 Å². The number of anilines is 1. The van der Waals surface area contributed by atoms with Crippen molar-refractivity contribution < 1.29 is 4.79 Å². The Morgan fingerprint density at radius 3 is 2.70 bits per heavy atom. The highest BCUT2D eigenvalue weighted by Crippen LogP contribution is 2.27. The first-order valence-electron chi connectivity index (χ1n) is 7.24. The van der Waals surface area contributed by atoms with Gasteiger partial charge in [0, 0.05) is 17.6 Å². The maximum absolute atomic E-state index is 12.8. The van der Waals surface area contributed by atoms with E-state index in [9.17, 15) is 4.79 Å². The van der Waals surface area contributed by atoms with Crippen LogP contribution in [0.2, 0.25) is 5.02 Å². The second-order valence-corrected chi connectivity index (χ2v) is 5.65. The Bertz CT molecular complexity index is 472. The van der Waals surface area contributed by atoms with Crippen LogP contribution in [0.15, 0.2) is 18.2 Å². The number of hydrogen-bond donors (Lipinski definition) is 2. The quantitative estimate of drug-likeness (QED) is 0.661. The maximum Gasteiger partial charge on any atom is 0.256 e. The van der Waals surface area contributed by atoms with Gasteiger partial charge in [0.1, 0.15) is 0 Å². The second kappa shape index (κ2) is 6.95. The SMILES string of the molecule is CCN(C(=O)c1cc(Cl)ccc1NN)C1CCCCC1. The van der Waals surface area contributed by atoms with Gasteiger partial charge in [-0.2, -0.15) is 0 Å². The van der Waals surface area contributed by atoms with Gasteiger partial charge in [-0.05, 0) is 38.0 Å². The van der Waals surface area contributed by atoms with Crippen molar-refractivity contribution in [3.63, 3.8) is 0 Å². The number of carbonyl (C=O) groups excluding carboxylic acids is 1. The molecule has 0 radical (unpaired) electrons. The predicted molar refractivity (Wildman–Crippen MR) is 82.8 cm³/mol. The van der Waals surface area contributed by atoms with Gasteiger partial charge in [-0.25, -0.2) is 0 Å². The fourth-order valence-corrected chi connectivity index (χ4v) is 3.11. The van der Waals surface area contributed by atoms with E-state index in [1.54, 1.807) is 18.2 Å². The average Bonchev–Trinajstić information content (AvgIpc) is 2.49. The normalized spacial score (nSPS) is 15.9. The number of hydrazine groups is 1. The topological polar surface area (TPSA) is 58.4 Å². The molecule has 0 aliphatic heterocycles. The molecule has 1 saturated carbocycles. The summed E-state index contributed by atoms with van der Waals surface area (Å²) in [6, 6.07) is 5.49. The molecule has 1 aliphatic rings. The number of nitrogens with one attached hydrogen (secondary N) is 1. The van der Waals surface area contributed by atoms with Crippen molar-refractivity contribution in [2.24, 2.45) is 5.84 Å². The van der Waals surface area contributed by atoms with E-state index in [2.05, 4.69) is 5.43 Å². The zero-order valence-electron chi connectivity index (χ0n) is 11.9. The van der Waals surface area contributed by atoms with E-state index in [1.807, 2.05) is 11.8 Å². The molecular weight excluding hydrogens is 274 g/mol. The minimum atomic E-state index is 0.00912. The van der Waals surface area contributed by atoms with Crippen molar-refractivity contribution in [1.82, 2.24) is 4.90 Å². The minimum absolute atomic E-state index is 0.00912. The Kier molecular flexibility index (Phi) is 5.26. The summed E-state index contributed by atoms with van der Waals surface area (Å²) in [7, 11) is 0. The summed E-state index contributed by atoms with van der Waals surface area (Å²) >= 11 is 6.01. The van der Waals surface area contributed by atoms with E-state index in [4.69, 9.17) is 17.4 Å². The van der Waals surface area contributed by atoms with Crippen molar-refractivity contribution in [3.8, 4) is 0 Å². The average molecular weight is 296 g/mol. The molecule has 2 rings (SSSR count). The fourth-order valence-electron chi connectivity index (χ4n) is 2.93. The molecule has 1 aromatic rings. The molecule has 3 N–H and O–H groups in total. The van der Waals surface area contributed by atoms with Gasteiger partial charge in [0.25, 0.3) is 5.91 Å². The van der Waals surface area contributed by atoms with E-state index in [0.29, 0.717) is 28.9 Å². The Morgan fingerprint density at radius 1 is 1.40 bits per heavy atom. The molecule has 1 amide bonds. The van der Waals surface area contributed by atoms with Crippen molar-refractivity contribution in [3.05, 3.63) is 28.8 Å². The molecule has 1 aliphatic carbocycles. The van der Waals surface area contributed by atoms with Crippen LogP contribution < -0.4 is 11.3 Å². The lowest BCUT2D eigenvalue weighted by molar-refractivity contribution is 0.0649. The maximum atomic E-state index is 12.8. The number of halogens is 1. The number of benzene rings is 1. The molecule has 110 valence electrons. The lowest BCUT2D eigenvalue weighted by Crippen LogP contribution is -2.41. The van der Waals surface area contributed by atoms with E-state index >= 15 is 0 Å². The lowest BCUT2D eigenvalue weighted by atomic mass is 9.93. The smallest absolute Gasteiger partial charge is 0.256 e. The Labute approximate surface area is 125 Å². The number of amides is 1. The highest BCUT2D eigenvalue weighted by Gasteiger charge is 2.26. The zero-order chi connectivity index (χ0) is 14.5. The van der Waals surface area contributed by atoms with Crippen LogP contribution in [-0.2, 0) is 0 Å². The number of rotatable bonds is 4. The Hall–Kier alpha value is -1.26. The molecule has 0 heterocycles. The van der Waals surface area contributed by atoms with Gasteiger partial charge in [0.2, 0.25) is 0 Å². The molecule has 4 nitrogen and oxygen atoms in total. The number of nitrogens with two attached hydrogens (primary N) is 1. The summed E-state index contributed by atoms with van der Waals surface area (Å²) in [6.07, 6.45) is 5.85. The molecule has 5 heteroatoms. The van der Waals surface area contributed by atoms with Gasteiger partial charge in [0.05, 0.1) is 11.3 Å². The van der Waals surface area contributed by atoms with Gasteiger partial charge in [0.15, 0.2) is 0 Å². The Morgan fingerprint density at radius 2 is 2.10 bits per heavy atom. The number of hydrogen-bond acceptors (Lipinski definition) is 3. The first-order chi connectivity index (χ1) is 9.67. The van der Waals surface area contributed by atoms with E-state index in [1.165, 1.54) is 19.3 Å².